The van der Waals surface area contributed by atoms with Crippen LogP contribution < -0.4 is 10.2 Å². The molecule has 3 rings (SSSR count). The molecule has 1 saturated heterocycles. The summed E-state index contributed by atoms with van der Waals surface area (Å²) in [6, 6.07) is 3.32. The van der Waals surface area contributed by atoms with E-state index < -0.39 is 0 Å². The minimum Gasteiger partial charge on any atom is -0.344 e. The summed E-state index contributed by atoms with van der Waals surface area (Å²) in [6.07, 6.45) is 9.10. The standard InChI is InChI=1S/C16H21N3O2/c20-15(10-12-4-1-5-12)18-14-7-3-9-19(16(14)21)13-6-2-8-17-11-13/h2,6,8,11-12,14H,1,3-5,7,9-10H2,(H,18,20)/t14-/m1/s1. The number of nitrogens with one attached hydrogen (secondary N) is 1. The Bertz CT molecular complexity index is 514. The molecular weight excluding hydrogens is 266 g/mol. The number of aromatic nitrogens is 1. The molecule has 2 heterocycles. The van der Waals surface area contributed by atoms with Crippen molar-refractivity contribution in [3.8, 4) is 0 Å². The molecule has 112 valence electrons. The molecule has 0 radical (unpaired) electrons. The molecule has 1 aliphatic carbocycles. The van der Waals surface area contributed by atoms with Crippen LogP contribution in [0.2, 0.25) is 0 Å². The van der Waals surface area contributed by atoms with Crippen LogP contribution in [0.15, 0.2) is 24.5 Å². The average Bonchev–Trinajstić information content (AvgIpc) is 2.46. The largest absolute Gasteiger partial charge is 0.344 e. The summed E-state index contributed by atoms with van der Waals surface area (Å²) in [5.41, 5.74) is 0.806. The first-order chi connectivity index (χ1) is 10.2. The first-order valence-electron chi connectivity index (χ1n) is 7.75. The molecule has 21 heavy (non-hydrogen) atoms. The minimum absolute atomic E-state index is 0.0174. The summed E-state index contributed by atoms with van der Waals surface area (Å²) >= 11 is 0. The second-order valence-electron chi connectivity index (χ2n) is 5.96. The summed E-state index contributed by atoms with van der Waals surface area (Å²) < 4.78 is 0. The molecule has 0 spiro atoms. The van der Waals surface area contributed by atoms with Crippen LogP contribution in [0.1, 0.15) is 38.5 Å². The Morgan fingerprint density at radius 1 is 1.33 bits per heavy atom. The van der Waals surface area contributed by atoms with E-state index in [1.807, 2.05) is 12.1 Å². The van der Waals surface area contributed by atoms with Crippen LogP contribution >= 0.6 is 0 Å². The lowest BCUT2D eigenvalue weighted by molar-refractivity contribution is -0.129. The summed E-state index contributed by atoms with van der Waals surface area (Å²) in [5.74, 6) is 0.528. The van der Waals surface area contributed by atoms with E-state index in [0.29, 0.717) is 18.9 Å². The number of hydrogen-bond acceptors (Lipinski definition) is 3. The Hall–Kier alpha value is -1.91. The van der Waals surface area contributed by atoms with Gasteiger partial charge in [0.05, 0.1) is 11.9 Å². The molecule has 1 atom stereocenters. The van der Waals surface area contributed by atoms with Crippen molar-refractivity contribution in [1.29, 1.82) is 0 Å². The van der Waals surface area contributed by atoms with Gasteiger partial charge in [0.25, 0.3) is 0 Å². The molecule has 1 aromatic heterocycles. The molecule has 2 aliphatic rings. The zero-order valence-corrected chi connectivity index (χ0v) is 12.1. The molecule has 0 aromatic carbocycles. The number of anilines is 1. The van der Waals surface area contributed by atoms with Gasteiger partial charge < -0.3 is 10.2 Å². The molecule has 1 N–H and O–H groups in total. The van der Waals surface area contributed by atoms with Gasteiger partial charge in [-0.1, -0.05) is 6.42 Å². The van der Waals surface area contributed by atoms with E-state index in [4.69, 9.17) is 0 Å². The summed E-state index contributed by atoms with van der Waals surface area (Å²) in [6.45, 7) is 0.694. The van der Waals surface area contributed by atoms with E-state index in [1.54, 1.807) is 17.3 Å². The highest BCUT2D eigenvalue weighted by Crippen LogP contribution is 2.29. The van der Waals surface area contributed by atoms with Crippen molar-refractivity contribution in [3.63, 3.8) is 0 Å². The first kappa shape index (κ1) is 14.0. The Kier molecular flexibility index (Phi) is 4.18. The van der Waals surface area contributed by atoms with Crippen LogP contribution in [0.4, 0.5) is 5.69 Å². The minimum atomic E-state index is -0.383. The third-order valence-corrected chi connectivity index (χ3v) is 4.43. The highest BCUT2D eigenvalue weighted by atomic mass is 16.2. The van der Waals surface area contributed by atoms with Crippen LogP contribution in [-0.2, 0) is 9.59 Å². The van der Waals surface area contributed by atoms with Crippen molar-refractivity contribution in [2.24, 2.45) is 5.92 Å². The van der Waals surface area contributed by atoms with E-state index in [1.165, 1.54) is 6.42 Å². The predicted molar refractivity (Wildman–Crippen MR) is 79.7 cm³/mol. The molecule has 1 aromatic rings. The second kappa shape index (κ2) is 6.24. The van der Waals surface area contributed by atoms with Crippen molar-refractivity contribution >= 4 is 17.5 Å². The molecule has 5 heteroatoms. The molecular formula is C16H21N3O2. The van der Waals surface area contributed by atoms with Crippen molar-refractivity contribution in [3.05, 3.63) is 24.5 Å². The third kappa shape index (κ3) is 3.23. The van der Waals surface area contributed by atoms with Crippen LogP contribution in [0, 0.1) is 5.92 Å². The van der Waals surface area contributed by atoms with Gasteiger partial charge in [-0.05, 0) is 43.7 Å². The number of amides is 2. The first-order valence-corrected chi connectivity index (χ1v) is 7.75. The van der Waals surface area contributed by atoms with Gasteiger partial charge in [0.15, 0.2) is 0 Å². The van der Waals surface area contributed by atoms with Crippen molar-refractivity contribution in [1.82, 2.24) is 10.3 Å². The SMILES string of the molecule is O=C(CC1CCC1)N[C@@H]1CCCN(c2cccnc2)C1=O. The number of piperidine rings is 1. The lowest BCUT2D eigenvalue weighted by atomic mass is 9.83. The van der Waals surface area contributed by atoms with Crippen molar-refractivity contribution in [2.75, 3.05) is 11.4 Å². The van der Waals surface area contributed by atoms with Gasteiger partial charge >= 0.3 is 0 Å². The van der Waals surface area contributed by atoms with E-state index >= 15 is 0 Å². The predicted octanol–water partition coefficient (Wildman–Crippen LogP) is 1.88. The molecule has 1 saturated carbocycles. The Morgan fingerprint density at radius 2 is 2.19 bits per heavy atom. The number of nitrogens with zero attached hydrogens (tertiary/aromatic N) is 2. The molecule has 2 amide bonds. The van der Waals surface area contributed by atoms with Gasteiger partial charge in [0, 0.05) is 19.2 Å². The molecule has 2 fully saturated rings. The second-order valence-corrected chi connectivity index (χ2v) is 5.96. The molecule has 5 nitrogen and oxygen atoms in total. The van der Waals surface area contributed by atoms with Crippen LogP contribution in [0.5, 0.6) is 0 Å². The Morgan fingerprint density at radius 3 is 2.86 bits per heavy atom. The maximum absolute atomic E-state index is 12.5. The fraction of sp³-hybridized carbons (Fsp3) is 0.562. The van der Waals surface area contributed by atoms with Crippen LogP contribution in [0.3, 0.4) is 0 Å². The quantitative estimate of drug-likeness (QED) is 0.919. The normalized spacial score (nSPS) is 22.8. The number of rotatable bonds is 4. The highest BCUT2D eigenvalue weighted by molar-refractivity contribution is 5.99. The number of hydrogen-bond donors (Lipinski definition) is 1. The van der Waals surface area contributed by atoms with Gasteiger partial charge in [-0.25, -0.2) is 0 Å². The molecule has 1 aliphatic heterocycles. The Balaban J connectivity index is 1.60. The summed E-state index contributed by atoms with van der Waals surface area (Å²) in [7, 11) is 0. The summed E-state index contributed by atoms with van der Waals surface area (Å²) in [4.78, 5) is 30.3. The fourth-order valence-electron chi connectivity index (χ4n) is 2.99. The van der Waals surface area contributed by atoms with Crippen molar-refractivity contribution in [2.45, 2.75) is 44.6 Å². The molecule has 0 unspecified atom stereocenters. The zero-order valence-electron chi connectivity index (χ0n) is 12.1. The van der Waals surface area contributed by atoms with E-state index in [-0.39, 0.29) is 17.9 Å². The van der Waals surface area contributed by atoms with E-state index in [0.717, 1.165) is 31.4 Å². The maximum atomic E-state index is 12.5. The highest BCUT2D eigenvalue weighted by Gasteiger charge is 2.31. The summed E-state index contributed by atoms with van der Waals surface area (Å²) in [5, 5.41) is 2.92. The average molecular weight is 287 g/mol. The number of carbonyl (C=O) groups is 2. The number of pyridine rings is 1. The fourth-order valence-corrected chi connectivity index (χ4v) is 2.99. The van der Waals surface area contributed by atoms with E-state index in [9.17, 15) is 9.59 Å². The number of carbonyl (C=O) groups excluding carboxylic acids is 2. The van der Waals surface area contributed by atoms with Gasteiger partial charge in [0.2, 0.25) is 11.8 Å². The Labute approximate surface area is 124 Å². The van der Waals surface area contributed by atoms with Crippen LogP contribution in [-0.4, -0.2) is 29.4 Å². The molecule has 0 bridgehead atoms. The van der Waals surface area contributed by atoms with E-state index in [2.05, 4.69) is 10.3 Å². The zero-order chi connectivity index (χ0) is 14.7. The smallest absolute Gasteiger partial charge is 0.249 e. The van der Waals surface area contributed by atoms with Gasteiger partial charge in [-0.3, -0.25) is 14.6 Å². The lowest BCUT2D eigenvalue weighted by Gasteiger charge is -2.33. The van der Waals surface area contributed by atoms with Gasteiger partial charge in [0.1, 0.15) is 6.04 Å². The van der Waals surface area contributed by atoms with Gasteiger partial charge in [-0.2, -0.15) is 0 Å². The maximum Gasteiger partial charge on any atom is 0.249 e. The third-order valence-electron chi connectivity index (χ3n) is 4.43. The van der Waals surface area contributed by atoms with Gasteiger partial charge in [-0.15, -0.1) is 0 Å². The van der Waals surface area contributed by atoms with Crippen LogP contribution in [0.25, 0.3) is 0 Å². The van der Waals surface area contributed by atoms with Crippen molar-refractivity contribution < 1.29 is 9.59 Å². The lowest BCUT2D eigenvalue weighted by Crippen LogP contribution is -2.52. The monoisotopic (exact) mass is 287 g/mol. The topological polar surface area (TPSA) is 62.3 Å².